The zero-order valence-electron chi connectivity index (χ0n) is 11.4. The average Bonchev–Trinajstić information content (AvgIpc) is 2.47. The standard InChI is InChI=1S/C17H20OSe/c1-19-17(15-10-6-3-7-11-15)13-16(18)12-14-8-4-2-5-9-14/h2,4-5,8-10,13H,3,6-7,11-12H2,1H3/b17-13-. The number of carbonyl (C=O) groups is 1. The Balaban J connectivity index is 2.05. The summed E-state index contributed by atoms with van der Waals surface area (Å²) < 4.78 is 1.30. The number of hydrogen-bond donors (Lipinski definition) is 0. The van der Waals surface area contributed by atoms with Crippen molar-refractivity contribution >= 4 is 20.7 Å². The first-order valence-corrected chi connectivity index (χ1v) is 9.38. The molecule has 2 heteroatoms. The first kappa shape index (κ1) is 14.3. The topological polar surface area (TPSA) is 17.1 Å². The molecular weight excluding hydrogens is 299 g/mol. The van der Waals surface area contributed by atoms with Gasteiger partial charge in [0.25, 0.3) is 0 Å². The van der Waals surface area contributed by atoms with Crippen molar-refractivity contribution in [1.82, 2.24) is 0 Å². The number of ketones is 1. The summed E-state index contributed by atoms with van der Waals surface area (Å²) >= 11 is 0.398. The summed E-state index contributed by atoms with van der Waals surface area (Å²) in [6.07, 6.45) is 9.64. The van der Waals surface area contributed by atoms with E-state index in [-0.39, 0.29) is 5.78 Å². The maximum atomic E-state index is 12.1. The van der Waals surface area contributed by atoms with Gasteiger partial charge in [-0.2, -0.15) is 0 Å². The van der Waals surface area contributed by atoms with E-state index in [9.17, 15) is 4.79 Å². The fourth-order valence-corrected chi connectivity index (χ4v) is 3.80. The van der Waals surface area contributed by atoms with E-state index in [1.165, 1.54) is 29.3 Å². The summed E-state index contributed by atoms with van der Waals surface area (Å²) in [5.74, 6) is 2.43. The van der Waals surface area contributed by atoms with Gasteiger partial charge in [0.15, 0.2) is 0 Å². The van der Waals surface area contributed by atoms with Crippen molar-refractivity contribution < 1.29 is 4.79 Å². The van der Waals surface area contributed by atoms with Gasteiger partial charge in [0.05, 0.1) is 0 Å². The Labute approximate surface area is 122 Å². The molecule has 2 rings (SSSR count). The Kier molecular flexibility index (Phi) is 5.62. The van der Waals surface area contributed by atoms with E-state index >= 15 is 0 Å². The molecule has 0 bridgehead atoms. The molecule has 1 aliphatic carbocycles. The van der Waals surface area contributed by atoms with Crippen LogP contribution in [0.2, 0.25) is 5.82 Å². The van der Waals surface area contributed by atoms with E-state index in [2.05, 4.69) is 11.9 Å². The Hall–Kier alpha value is -1.11. The Morgan fingerprint density at radius 1 is 1.26 bits per heavy atom. The van der Waals surface area contributed by atoms with Crippen LogP contribution in [0.5, 0.6) is 0 Å². The molecule has 0 aromatic heterocycles. The maximum absolute atomic E-state index is 12.1. The van der Waals surface area contributed by atoms with Crippen LogP contribution in [0.1, 0.15) is 31.2 Å². The van der Waals surface area contributed by atoms with Crippen LogP contribution in [0.25, 0.3) is 0 Å². The number of allylic oxidation sites excluding steroid dienone is 4. The van der Waals surface area contributed by atoms with E-state index in [1.54, 1.807) is 0 Å². The van der Waals surface area contributed by atoms with Gasteiger partial charge >= 0.3 is 122 Å². The molecule has 0 spiro atoms. The molecular formula is C17H20OSe. The van der Waals surface area contributed by atoms with Gasteiger partial charge in [-0.1, -0.05) is 0 Å². The van der Waals surface area contributed by atoms with E-state index < -0.39 is 0 Å². The van der Waals surface area contributed by atoms with Crippen molar-refractivity contribution in [2.45, 2.75) is 37.9 Å². The van der Waals surface area contributed by atoms with Gasteiger partial charge in [0.1, 0.15) is 0 Å². The van der Waals surface area contributed by atoms with Crippen molar-refractivity contribution in [3.8, 4) is 0 Å². The second-order valence-corrected chi connectivity index (χ2v) is 6.60. The van der Waals surface area contributed by atoms with Gasteiger partial charge in [-0.15, -0.1) is 0 Å². The van der Waals surface area contributed by atoms with E-state index in [4.69, 9.17) is 0 Å². The Morgan fingerprint density at radius 2 is 2.05 bits per heavy atom. The van der Waals surface area contributed by atoms with Gasteiger partial charge in [0.2, 0.25) is 0 Å². The molecule has 0 heterocycles. The van der Waals surface area contributed by atoms with E-state index in [0.717, 1.165) is 12.0 Å². The Morgan fingerprint density at radius 3 is 2.68 bits per heavy atom. The molecule has 0 saturated carbocycles. The monoisotopic (exact) mass is 320 g/mol. The third-order valence-electron chi connectivity index (χ3n) is 3.34. The minimum absolute atomic E-state index is 0.233. The van der Waals surface area contributed by atoms with Gasteiger partial charge < -0.3 is 0 Å². The predicted molar refractivity (Wildman–Crippen MR) is 81.4 cm³/mol. The number of benzene rings is 1. The summed E-state index contributed by atoms with van der Waals surface area (Å²) in [6, 6.07) is 9.99. The van der Waals surface area contributed by atoms with Crippen LogP contribution in [-0.4, -0.2) is 20.7 Å². The second-order valence-electron chi connectivity index (χ2n) is 4.82. The molecule has 1 aromatic rings. The summed E-state index contributed by atoms with van der Waals surface area (Å²) in [4.78, 5) is 12.1. The van der Waals surface area contributed by atoms with Crippen LogP contribution < -0.4 is 0 Å². The van der Waals surface area contributed by atoms with Gasteiger partial charge in [0, 0.05) is 0 Å². The minimum atomic E-state index is 0.233. The number of rotatable bonds is 5. The van der Waals surface area contributed by atoms with E-state index in [0.29, 0.717) is 21.4 Å². The number of carbonyl (C=O) groups excluding carboxylic acids is 1. The third kappa shape index (κ3) is 4.49. The molecule has 0 amide bonds. The molecule has 0 saturated heterocycles. The molecule has 1 nitrogen and oxygen atoms in total. The molecule has 0 N–H and O–H groups in total. The van der Waals surface area contributed by atoms with Crippen LogP contribution in [0.4, 0.5) is 0 Å². The van der Waals surface area contributed by atoms with Crippen LogP contribution in [-0.2, 0) is 11.2 Å². The summed E-state index contributed by atoms with van der Waals surface area (Å²) in [7, 11) is 0. The van der Waals surface area contributed by atoms with Crippen molar-refractivity contribution in [2.75, 3.05) is 0 Å². The molecule has 0 atom stereocenters. The first-order chi connectivity index (χ1) is 9.29. The molecule has 1 aliphatic rings. The quantitative estimate of drug-likeness (QED) is 0.593. The fourth-order valence-electron chi connectivity index (χ4n) is 2.34. The van der Waals surface area contributed by atoms with Crippen molar-refractivity contribution in [3.63, 3.8) is 0 Å². The summed E-state index contributed by atoms with van der Waals surface area (Å²) in [5, 5.41) is 0. The zero-order valence-corrected chi connectivity index (χ0v) is 13.1. The zero-order chi connectivity index (χ0) is 13.5. The van der Waals surface area contributed by atoms with Gasteiger partial charge in [-0.3, -0.25) is 0 Å². The molecule has 0 aliphatic heterocycles. The van der Waals surface area contributed by atoms with Crippen LogP contribution >= 0.6 is 0 Å². The fraction of sp³-hybridized carbons (Fsp3) is 0.353. The van der Waals surface area contributed by atoms with Crippen molar-refractivity contribution in [3.05, 3.63) is 58.1 Å². The SMILES string of the molecule is C[Se]/C(=C\C(=O)Cc1ccccc1)C1=CCCCC1. The van der Waals surface area contributed by atoms with Crippen molar-refractivity contribution in [1.29, 1.82) is 0 Å². The first-order valence-electron chi connectivity index (χ1n) is 6.81. The summed E-state index contributed by atoms with van der Waals surface area (Å²) in [5.41, 5.74) is 2.53. The molecule has 0 fully saturated rings. The normalized spacial score (nSPS) is 16.1. The van der Waals surface area contributed by atoms with Crippen molar-refractivity contribution in [2.24, 2.45) is 0 Å². The Bertz CT molecular complexity index is 485. The van der Waals surface area contributed by atoms with E-state index in [1.807, 2.05) is 36.4 Å². The second kappa shape index (κ2) is 7.47. The molecule has 0 radical (unpaired) electrons. The summed E-state index contributed by atoms with van der Waals surface area (Å²) in [6.45, 7) is 0. The molecule has 0 unspecified atom stereocenters. The molecule has 19 heavy (non-hydrogen) atoms. The average molecular weight is 319 g/mol. The van der Waals surface area contributed by atoms with Gasteiger partial charge in [-0.25, -0.2) is 0 Å². The van der Waals surface area contributed by atoms with Crippen LogP contribution in [0, 0.1) is 0 Å². The number of hydrogen-bond acceptors (Lipinski definition) is 1. The third-order valence-corrected chi connectivity index (χ3v) is 5.06. The van der Waals surface area contributed by atoms with Crippen LogP contribution in [0.3, 0.4) is 0 Å². The molecule has 1 aromatic carbocycles. The van der Waals surface area contributed by atoms with Crippen LogP contribution in [0.15, 0.2) is 52.5 Å². The molecule has 100 valence electrons. The predicted octanol–water partition coefficient (Wildman–Crippen LogP) is 3.93. The van der Waals surface area contributed by atoms with Gasteiger partial charge in [-0.05, 0) is 0 Å².